The van der Waals surface area contributed by atoms with Crippen LogP contribution in [0, 0.1) is 5.92 Å². The monoisotopic (exact) mass is 309 g/mol. The van der Waals surface area contributed by atoms with Gasteiger partial charge < -0.3 is 0 Å². The first-order valence-electron chi connectivity index (χ1n) is 5.10. The van der Waals surface area contributed by atoms with Crippen LogP contribution < -0.4 is 4.72 Å². The first kappa shape index (κ1) is 13.7. The van der Waals surface area contributed by atoms with Gasteiger partial charge in [0.05, 0.1) is 6.20 Å². The van der Waals surface area contributed by atoms with Gasteiger partial charge in [-0.25, -0.2) is 13.1 Å². The Balaban J connectivity index is 2.33. The highest BCUT2D eigenvalue weighted by molar-refractivity contribution is 9.09. The number of alkyl halides is 1. The number of aromatic nitrogens is 2. The molecule has 0 radical (unpaired) electrons. The molecule has 0 amide bonds. The van der Waals surface area contributed by atoms with Crippen LogP contribution in [0.4, 0.5) is 0 Å². The van der Waals surface area contributed by atoms with E-state index in [0.717, 1.165) is 18.2 Å². The minimum absolute atomic E-state index is 0.182. The van der Waals surface area contributed by atoms with E-state index in [9.17, 15) is 8.42 Å². The molecule has 0 spiro atoms. The van der Waals surface area contributed by atoms with Gasteiger partial charge in [-0.1, -0.05) is 22.9 Å². The summed E-state index contributed by atoms with van der Waals surface area (Å²) in [5.41, 5.74) is 0. The van der Waals surface area contributed by atoms with E-state index < -0.39 is 10.0 Å². The van der Waals surface area contributed by atoms with Gasteiger partial charge in [-0.2, -0.15) is 5.10 Å². The zero-order valence-electron chi connectivity index (χ0n) is 9.11. The lowest BCUT2D eigenvalue weighted by Gasteiger charge is -2.07. The molecule has 7 heteroatoms. The van der Waals surface area contributed by atoms with Crippen LogP contribution in [0.15, 0.2) is 17.3 Å². The summed E-state index contributed by atoms with van der Waals surface area (Å²) < 4.78 is 25.8. The number of H-pyrrole nitrogens is 1. The highest BCUT2D eigenvalue weighted by Gasteiger charge is 2.13. The molecule has 1 unspecified atom stereocenters. The fourth-order valence-electron chi connectivity index (χ4n) is 1.20. The molecule has 0 bridgehead atoms. The molecule has 1 heterocycles. The van der Waals surface area contributed by atoms with E-state index in [4.69, 9.17) is 0 Å². The fourth-order valence-corrected chi connectivity index (χ4v) is 2.51. The van der Waals surface area contributed by atoms with Crippen molar-refractivity contribution in [3.05, 3.63) is 12.4 Å². The Morgan fingerprint density at radius 3 is 2.94 bits per heavy atom. The Morgan fingerprint density at radius 1 is 1.62 bits per heavy atom. The molecule has 0 fully saturated rings. The minimum atomic E-state index is -3.38. The maximum atomic E-state index is 11.6. The van der Waals surface area contributed by atoms with Gasteiger partial charge in [0.25, 0.3) is 0 Å². The summed E-state index contributed by atoms with van der Waals surface area (Å²) in [6, 6.07) is 0. The predicted molar refractivity (Wildman–Crippen MR) is 66.0 cm³/mol. The van der Waals surface area contributed by atoms with Crippen LogP contribution in [-0.4, -0.2) is 30.5 Å². The Hall–Kier alpha value is -0.400. The molecule has 2 N–H and O–H groups in total. The lowest BCUT2D eigenvalue weighted by Crippen LogP contribution is -2.24. The van der Waals surface area contributed by atoms with E-state index in [1.54, 1.807) is 0 Å². The molecule has 1 aromatic rings. The highest BCUT2D eigenvalue weighted by Crippen LogP contribution is 2.09. The Kier molecular flexibility index (Phi) is 5.43. The second kappa shape index (κ2) is 6.36. The number of aromatic amines is 1. The van der Waals surface area contributed by atoms with Crippen molar-refractivity contribution >= 4 is 26.0 Å². The zero-order valence-corrected chi connectivity index (χ0v) is 11.5. The number of nitrogens with zero attached hydrogens (tertiary/aromatic N) is 1. The second-order valence-corrected chi connectivity index (χ2v) is 6.15. The Morgan fingerprint density at radius 2 is 2.38 bits per heavy atom. The van der Waals surface area contributed by atoms with Gasteiger partial charge in [0, 0.05) is 18.1 Å². The normalized spacial score (nSPS) is 13.9. The van der Waals surface area contributed by atoms with E-state index in [-0.39, 0.29) is 4.90 Å². The van der Waals surface area contributed by atoms with Crippen LogP contribution in [0.5, 0.6) is 0 Å². The van der Waals surface area contributed by atoms with Gasteiger partial charge in [0.2, 0.25) is 10.0 Å². The molecule has 0 aliphatic heterocycles. The van der Waals surface area contributed by atoms with E-state index in [2.05, 4.69) is 37.8 Å². The number of hydrogen-bond donors (Lipinski definition) is 2. The second-order valence-electron chi connectivity index (χ2n) is 3.73. The summed E-state index contributed by atoms with van der Waals surface area (Å²) in [5.74, 6) is 0.568. The van der Waals surface area contributed by atoms with Crippen molar-refractivity contribution in [1.82, 2.24) is 14.9 Å². The third-order valence-electron chi connectivity index (χ3n) is 2.21. The topological polar surface area (TPSA) is 74.8 Å². The van der Waals surface area contributed by atoms with Crippen molar-refractivity contribution in [3.8, 4) is 0 Å². The van der Waals surface area contributed by atoms with Crippen molar-refractivity contribution in [2.75, 3.05) is 11.9 Å². The summed E-state index contributed by atoms with van der Waals surface area (Å²) in [4.78, 5) is 0.182. The van der Waals surface area contributed by atoms with Crippen LogP contribution >= 0.6 is 15.9 Å². The van der Waals surface area contributed by atoms with Gasteiger partial charge in [-0.05, 0) is 18.8 Å². The van der Waals surface area contributed by atoms with Crippen LogP contribution in [0.25, 0.3) is 0 Å². The molecule has 0 aliphatic rings. The molecular weight excluding hydrogens is 294 g/mol. The Labute approximate surface area is 104 Å². The molecule has 1 rings (SSSR count). The SMILES string of the molecule is CC(CBr)CCCNS(=O)(=O)c1cn[nH]c1. The summed E-state index contributed by atoms with van der Waals surface area (Å²) in [5, 5.41) is 7.03. The van der Waals surface area contributed by atoms with Gasteiger partial charge in [0.15, 0.2) is 0 Å². The smallest absolute Gasteiger partial charge is 0.243 e. The van der Waals surface area contributed by atoms with Crippen LogP contribution in [0.2, 0.25) is 0 Å². The number of hydrogen-bond acceptors (Lipinski definition) is 3. The summed E-state index contributed by atoms with van der Waals surface area (Å²) in [7, 11) is -3.38. The van der Waals surface area contributed by atoms with Gasteiger partial charge in [-0.3, -0.25) is 5.10 Å². The molecule has 92 valence electrons. The highest BCUT2D eigenvalue weighted by atomic mass is 79.9. The predicted octanol–water partition coefficient (Wildman–Crippen LogP) is 1.50. The van der Waals surface area contributed by atoms with Crippen molar-refractivity contribution < 1.29 is 8.42 Å². The van der Waals surface area contributed by atoms with Gasteiger partial charge in [-0.15, -0.1) is 0 Å². The van der Waals surface area contributed by atoms with E-state index >= 15 is 0 Å². The third kappa shape index (κ3) is 4.23. The molecule has 16 heavy (non-hydrogen) atoms. The molecule has 1 atom stereocenters. The van der Waals surface area contributed by atoms with Crippen molar-refractivity contribution in [3.63, 3.8) is 0 Å². The van der Waals surface area contributed by atoms with Gasteiger partial charge >= 0.3 is 0 Å². The van der Waals surface area contributed by atoms with Gasteiger partial charge in [0.1, 0.15) is 4.90 Å². The maximum Gasteiger partial charge on any atom is 0.243 e. The minimum Gasteiger partial charge on any atom is -0.284 e. The van der Waals surface area contributed by atoms with Crippen molar-refractivity contribution in [2.45, 2.75) is 24.7 Å². The number of rotatable bonds is 7. The number of sulfonamides is 1. The summed E-state index contributed by atoms with van der Waals surface area (Å²) >= 11 is 3.39. The van der Waals surface area contributed by atoms with E-state index in [1.807, 2.05) is 0 Å². The maximum absolute atomic E-state index is 11.6. The lowest BCUT2D eigenvalue weighted by atomic mass is 10.1. The third-order valence-corrected chi connectivity index (χ3v) is 4.75. The van der Waals surface area contributed by atoms with Crippen molar-refractivity contribution in [1.29, 1.82) is 0 Å². The standard InChI is InChI=1S/C9H16BrN3O2S/c1-8(5-10)3-2-4-13-16(14,15)9-6-11-12-7-9/h6-8,13H,2-5H2,1H3,(H,11,12). The fraction of sp³-hybridized carbons (Fsp3) is 0.667. The molecule has 0 aliphatic carbocycles. The van der Waals surface area contributed by atoms with Crippen molar-refractivity contribution in [2.24, 2.45) is 5.92 Å². The van der Waals surface area contributed by atoms with E-state index in [0.29, 0.717) is 12.5 Å². The molecule has 1 aromatic heterocycles. The summed E-state index contributed by atoms with van der Waals surface area (Å²) in [6.07, 6.45) is 4.50. The van der Waals surface area contributed by atoms with Crippen LogP contribution in [-0.2, 0) is 10.0 Å². The largest absolute Gasteiger partial charge is 0.284 e. The molecule has 0 aromatic carbocycles. The molecule has 5 nitrogen and oxygen atoms in total. The number of halogens is 1. The first-order valence-corrected chi connectivity index (χ1v) is 7.71. The molecule has 0 saturated heterocycles. The zero-order chi connectivity index (χ0) is 12.0. The lowest BCUT2D eigenvalue weighted by molar-refractivity contribution is 0.547. The average molecular weight is 310 g/mol. The number of nitrogens with one attached hydrogen (secondary N) is 2. The van der Waals surface area contributed by atoms with Crippen LogP contribution in [0.1, 0.15) is 19.8 Å². The quantitative estimate of drug-likeness (QED) is 0.592. The van der Waals surface area contributed by atoms with E-state index in [1.165, 1.54) is 12.4 Å². The summed E-state index contributed by atoms with van der Waals surface area (Å²) in [6.45, 7) is 2.59. The Bertz CT molecular complexity index is 391. The molecular formula is C9H16BrN3O2S. The average Bonchev–Trinajstić information content (AvgIpc) is 2.78. The first-order chi connectivity index (χ1) is 7.56. The molecule has 0 saturated carbocycles. The van der Waals surface area contributed by atoms with Crippen LogP contribution in [0.3, 0.4) is 0 Å².